The summed E-state index contributed by atoms with van der Waals surface area (Å²) in [5, 5.41) is 3.83. The van der Waals surface area contributed by atoms with Gasteiger partial charge < -0.3 is 5.32 Å². The third-order valence-corrected chi connectivity index (χ3v) is 7.18. The quantitative estimate of drug-likeness (QED) is 0.497. The lowest BCUT2D eigenvalue weighted by molar-refractivity contribution is -0.128. The molecule has 1 aromatic carbocycles. The van der Waals surface area contributed by atoms with Crippen LogP contribution < -0.4 is 5.32 Å². The Morgan fingerprint density at radius 2 is 1.70 bits per heavy atom. The lowest BCUT2D eigenvalue weighted by atomic mass is 9.70. The first-order valence-corrected chi connectivity index (χ1v) is 11.2. The van der Waals surface area contributed by atoms with Crippen molar-refractivity contribution in [2.24, 2.45) is 10.8 Å². The van der Waals surface area contributed by atoms with Crippen molar-refractivity contribution in [3.63, 3.8) is 0 Å². The molecule has 1 aliphatic carbocycles. The molecular formula is C21H29Cl2NO2S. The van der Waals surface area contributed by atoms with Crippen LogP contribution >= 0.6 is 35.0 Å². The first kappa shape index (κ1) is 22.6. The lowest BCUT2D eigenvalue weighted by Gasteiger charge is -2.36. The molecular weight excluding hydrogens is 401 g/mol. The van der Waals surface area contributed by atoms with E-state index < -0.39 is 5.41 Å². The molecule has 0 atom stereocenters. The maximum Gasteiger partial charge on any atom is 0.230 e. The van der Waals surface area contributed by atoms with Crippen molar-refractivity contribution in [3.05, 3.63) is 22.2 Å². The Bertz CT molecular complexity index is 701. The van der Waals surface area contributed by atoms with Crippen molar-refractivity contribution in [3.8, 4) is 0 Å². The molecule has 0 aromatic heterocycles. The van der Waals surface area contributed by atoms with Crippen LogP contribution in [0.15, 0.2) is 17.0 Å². The summed E-state index contributed by atoms with van der Waals surface area (Å²) in [6, 6.07) is 3.32. The fraction of sp³-hybridized carbons (Fsp3) is 0.619. The van der Waals surface area contributed by atoms with Crippen LogP contribution in [-0.4, -0.2) is 11.0 Å². The van der Waals surface area contributed by atoms with Gasteiger partial charge in [-0.05, 0) is 43.2 Å². The van der Waals surface area contributed by atoms with Crippen LogP contribution in [0.2, 0.25) is 10.0 Å². The van der Waals surface area contributed by atoms with E-state index in [2.05, 4.69) is 12.2 Å². The van der Waals surface area contributed by atoms with Gasteiger partial charge in [-0.1, -0.05) is 76.6 Å². The van der Waals surface area contributed by atoms with Crippen LogP contribution in [0.3, 0.4) is 0 Å². The predicted molar refractivity (Wildman–Crippen MR) is 116 cm³/mol. The van der Waals surface area contributed by atoms with Crippen molar-refractivity contribution in [1.29, 1.82) is 0 Å². The normalized spacial score (nSPS) is 16.8. The van der Waals surface area contributed by atoms with E-state index in [-0.39, 0.29) is 16.4 Å². The molecule has 0 bridgehead atoms. The van der Waals surface area contributed by atoms with Gasteiger partial charge >= 0.3 is 0 Å². The zero-order chi connectivity index (χ0) is 20.2. The van der Waals surface area contributed by atoms with Gasteiger partial charge in [0.2, 0.25) is 5.91 Å². The van der Waals surface area contributed by atoms with Crippen molar-refractivity contribution >= 4 is 51.7 Å². The molecule has 0 unspecified atom stereocenters. The largest absolute Gasteiger partial charge is 0.325 e. The fourth-order valence-electron chi connectivity index (χ4n) is 3.52. The second kappa shape index (κ2) is 9.19. The van der Waals surface area contributed by atoms with Crippen molar-refractivity contribution < 1.29 is 9.59 Å². The molecule has 0 aliphatic heterocycles. The van der Waals surface area contributed by atoms with E-state index in [4.69, 9.17) is 23.2 Å². The summed E-state index contributed by atoms with van der Waals surface area (Å²) >= 11 is 13.5. The molecule has 0 spiro atoms. The maximum atomic E-state index is 13.2. The number of halogens is 2. The molecule has 1 amide bonds. The fourth-order valence-corrected chi connectivity index (χ4v) is 4.81. The monoisotopic (exact) mass is 429 g/mol. The number of benzene rings is 1. The number of nitrogens with one attached hydrogen (secondary N) is 1. The lowest BCUT2D eigenvalue weighted by Crippen LogP contribution is -2.38. The van der Waals surface area contributed by atoms with Gasteiger partial charge in [-0.2, -0.15) is 0 Å². The second-order valence-corrected chi connectivity index (χ2v) is 10.3. The summed E-state index contributed by atoms with van der Waals surface area (Å²) < 4.78 is 0. The number of anilines is 1. The van der Waals surface area contributed by atoms with Gasteiger partial charge in [0.1, 0.15) is 0 Å². The van der Waals surface area contributed by atoms with E-state index in [1.54, 1.807) is 12.1 Å². The average molecular weight is 430 g/mol. The van der Waals surface area contributed by atoms with Gasteiger partial charge in [0, 0.05) is 15.7 Å². The summed E-state index contributed by atoms with van der Waals surface area (Å²) in [6.07, 6.45) is 7.03. The highest BCUT2D eigenvalue weighted by Crippen LogP contribution is 2.43. The van der Waals surface area contributed by atoms with E-state index in [1.807, 2.05) is 20.8 Å². The van der Waals surface area contributed by atoms with E-state index in [1.165, 1.54) is 6.42 Å². The Hall–Kier alpha value is -0.710. The molecule has 0 heterocycles. The third-order valence-electron chi connectivity index (χ3n) is 5.11. The SMILES string of the molecule is CCCC1(C(=O)Nc2cc(Cl)c(Cl)cc2SC(=O)C(C)(C)C)CCCCC1. The first-order valence-electron chi connectivity index (χ1n) is 9.62. The van der Waals surface area contributed by atoms with Crippen LogP contribution in [0.5, 0.6) is 0 Å². The molecule has 1 aromatic rings. The molecule has 1 fully saturated rings. The van der Waals surface area contributed by atoms with Crippen LogP contribution in [0.25, 0.3) is 0 Å². The van der Waals surface area contributed by atoms with E-state index in [0.29, 0.717) is 20.6 Å². The zero-order valence-corrected chi connectivity index (χ0v) is 18.9. The maximum absolute atomic E-state index is 13.2. The van der Waals surface area contributed by atoms with Crippen molar-refractivity contribution in [1.82, 2.24) is 0 Å². The highest BCUT2D eigenvalue weighted by molar-refractivity contribution is 8.13. The molecule has 0 radical (unpaired) electrons. The predicted octanol–water partition coefficient (Wildman–Crippen LogP) is 7.35. The molecule has 3 nitrogen and oxygen atoms in total. The minimum absolute atomic E-state index is 0.0114. The summed E-state index contributed by atoms with van der Waals surface area (Å²) in [5.41, 5.74) is -0.252. The molecule has 0 saturated heterocycles. The van der Waals surface area contributed by atoms with Gasteiger partial charge in [-0.25, -0.2) is 0 Å². The van der Waals surface area contributed by atoms with Crippen LogP contribution in [0.4, 0.5) is 5.69 Å². The first-order chi connectivity index (χ1) is 12.6. The number of hydrogen-bond acceptors (Lipinski definition) is 3. The Morgan fingerprint density at radius 1 is 1.11 bits per heavy atom. The second-order valence-electron chi connectivity index (χ2n) is 8.45. The van der Waals surface area contributed by atoms with E-state index >= 15 is 0 Å². The highest BCUT2D eigenvalue weighted by atomic mass is 35.5. The Balaban J connectivity index is 2.32. The summed E-state index contributed by atoms with van der Waals surface area (Å²) in [6.45, 7) is 7.73. The summed E-state index contributed by atoms with van der Waals surface area (Å²) in [7, 11) is 0. The molecule has 150 valence electrons. The highest BCUT2D eigenvalue weighted by Gasteiger charge is 2.39. The average Bonchev–Trinajstić information content (AvgIpc) is 2.59. The van der Waals surface area contributed by atoms with Gasteiger partial charge in [0.05, 0.1) is 15.7 Å². The molecule has 6 heteroatoms. The summed E-state index contributed by atoms with van der Waals surface area (Å²) in [5.74, 6) is 0.0347. The number of amides is 1. The smallest absolute Gasteiger partial charge is 0.230 e. The van der Waals surface area contributed by atoms with E-state index in [0.717, 1.165) is 50.3 Å². The molecule has 27 heavy (non-hydrogen) atoms. The van der Waals surface area contributed by atoms with Crippen LogP contribution in [0.1, 0.15) is 72.6 Å². The Morgan fingerprint density at radius 3 is 2.26 bits per heavy atom. The Kier molecular flexibility index (Phi) is 7.69. The van der Waals surface area contributed by atoms with Gasteiger partial charge in [-0.15, -0.1) is 0 Å². The topological polar surface area (TPSA) is 46.2 Å². The Labute approximate surface area is 177 Å². The number of rotatable bonds is 5. The van der Waals surface area contributed by atoms with Gasteiger partial charge in [0.15, 0.2) is 5.12 Å². The van der Waals surface area contributed by atoms with Crippen LogP contribution in [0, 0.1) is 10.8 Å². The number of carbonyl (C=O) groups is 2. The minimum Gasteiger partial charge on any atom is -0.325 e. The standard InChI is InChI=1S/C21H29Cl2NO2S/c1-5-9-21(10-7-6-8-11-21)18(25)24-16-12-14(22)15(23)13-17(16)27-19(26)20(2,3)4/h12-13H,5-11H2,1-4H3,(H,24,25). The molecule has 1 saturated carbocycles. The number of hydrogen-bond donors (Lipinski definition) is 1. The van der Waals surface area contributed by atoms with Gasteiger partial charge in [0.25, 0.3) is 0 Å². The molecule has 2 rings (SSSR count). The zero-order valence-electron chi connectivity index (χ0n) is 16.6. The van der Waals surface area contributed by atoms with Gasteiger partial charge in [-0.3, -0.25) is 9.59 Å². The van der Waals surface area contributed by atoms with Crippen molar-refractivity contribution in [2.75, 3.05) is 5.32 Å². The minimum atomic E-state index is -0.495. The molecule has 1 N–H and O–H groups in total. The van der Waals surface area contributed by atoms with E-state index in [9.17, 15) is 9.59 Å². The third kappa shape index (κ3) is 5.65. The van der Waals surface area contributed by atoms with Crippen molar-refractivity contribution in [2.45, 2.75) is 77.5 Å². The number of carbonyl (C=O) groups excluding carboxylic acids is 2. The molecule has 1 aliphatic rings. The van der Waals surface area contributed by atoms with Crippen LogP contribution in [-0.2, 0) is 9.59 Å². The summed E-state index contributed by atoms with van der Waals surface area (Å²) in [4.78, 5) is 26.4. The number of thioether (sulfide) groups is 1.